The lowest BCUT2D eigenvalue weighted by Gasteiger charge is -2.06. The number of nitrogens with zero attached hydrogens (tertiary/aromatic N) is 3. The first-order valence-electron chi connectivity index (χ1n) is 7.01. The van der Waals surface area contributed by atoms with E-state index in [1.54, 1.807) is 6.20 Å². The molecule has 0 unspecified atom stereocenters. The zero-order valence-corrected chi connectivity index (χ0v) is 11.7. The molecule has 0 radical (unpaired) electrons. The number of carbonyl (C=O) groups is 1. The molecule has 1 amide bonds. The molecule has 1 aliphatic rings. The molecule has 22 heavy (non-hydrogen) atoms. The average molecular weight is 291 g/mol. The van der Waals surface area contributed by atoms with Crippen molar-refractivity contribution >= 4 is 22.6 Å². The largest absolute Gasteiger partial charge is 0.349 e. The number of anilines is 1. The summed E-state index contributed by atoms with van der Waals surface area (Å²) in [5, 5.41) is 8.09. The van der Waals surface area contributed by atoms with Crippen molar-refractivity contribution in [1.82, 2.24) is 20.3 Å². The normalized spacial score (nSPS) is 13.0. The summed E-state index contributed by atoms with van der Waals surface area (Å²) in [6.45, 7) is 1.01. The van der Waals surface area contributed by atoms with Crippen molar-refractivity contribution in [2.45, 2.75) is 13.1 Å². The van der Waals surface area contributed by atoms with Crippen LogP contribution in [0.3, 0.4) is 0 Å². The van der Waals surface area contributed by atoms with E-state index in [1.807, 2.05) is 30.5 Å². The molecule has 0 saturated carbocycles. The first kappa shape index (κ1) is 12.7. The molecular weight excluding hydrogens is 278 g/mol. The lowest BCUT2D eigenvalue weighted by molar-refractivity contribution is 0.0961. The van der Waals surface area contributed by atoms with Crippen LogP contribution in [0.1, 0.15) is 21.7 Å². The molecule has 0 aliphatic carbocycles. The quantitative estimate of drug-likeness (QED) is 0.770. The predicted octanol–water partition coefficient (Wildman–Crippen LogP) is 1.88. The summed E-state index contributed by atoms with van der Waals surface area (Å²) in [5.74, 6) is 0.287. The van der Waals surface area contributed by atoms with Gasteiger partial charge in [-0.3, -0.25) is 9.78 Å². The Kier molecular flexibility index (Phi) is 2.93. The molecule has 4 rings (SSSR count). The summed E-state index contributed by atoms with van der Waals surface area (Å²) in [6, 6.07) is 10.1. The molecule has 1 aromatic carbocycles. The Balaban J connectivity index is 1.54. The van der Waals surface area contributed by atoms with Gasteiger partial charge in [0.15, 0.2) is 0 Å². The minimum atomic E-state index is -0.149. The maximum absolute atomic E-state index is 11.6. The SMILES string of the molecule is O=C1NCc2cnc(NCc3cc4ccccc4cn3)nc21. The van der Waals surface area contributed by atoms with E-state index >= 15 is 0 Å². The molecule has 0 saturated heterocycles. The molecular formula is C16H13N5O. The molecule has 3 aromatic rings. The van der Waals surface area contributed by atoms with E-state index in [9.17, 15) is 4.79 Å². The smallest absolute Gasteiger partial charge is 0.270 e. The van der Waals surface area contributed by atoms with Crippen molar-refractivity contribution in [3.05, 3.63) is 59.7 Å². The van der Waals surface area contributed by atoms with Crippen molar-refractivity contribution < 1.29 is 4.79 Å². The van der Waals surface area contributed by atoms with E-state index in [1.165, 1.54) is 0 Å². The van der Waals surface area contributed by atoms with Gasteiger partial charge in [-0.1, -0.05) is 24.3 Å². The highest BCUT2D eigenvalue weighted by Crippen LogP contribution is 2.16. The third-order valence-electron chi connectivity index (χ3n) is 3.63. The van der Waals surface area contributed by atoms with Gasteiger partial charge < -0.3 is 10.6 Å². The Morgan fingerprint density at radius 2 is 2.00 bits per heavy atom. The number of carbonyl (C=O) groups excluding carboxylic acids is 1. The summed E-state index contributed by atoms with van der Waals surface area (Å²) in [4.78, 5) is 24.5. The maximum Gasteiger partial charge on any atom is 0.270 e. The van der Waals surface area contributed by atoms with E-state index in [-0.39, 0.29) is 5.91 Å². The Bertz CT molecular complexity index is 877. The number of nitrogens with one attached hydrogen (secondary N) is 2. The molecule has 1 aliphatic heterocycles. The van der Waals surface area contributed by atoms with Gasteiger partial charge in [-0.2, -0.15) is 0 Å². The van der Waals surface area contributed by atoms with Gasteiger partial charge in [-0.05, 0) is 11.5 Å². The first-order chi connectivity index (χ1) is 10.8. The zero-order chi connectivity index (χ0) is 14.9. The number of hydrogen-bond donors (Lipinski definition) is 2. The molecule has 2 N–H and O–H groups in total. The molecule has 108 valence electrons. The summed E-state index contributed by atoms with van der Waals surface area (Å²) in [5.41, 5.74) is 2.18. The first-order valence-corrected chi connectivity index (χ1v) is 7.01. The van der Waals surface area contributed by atoms with Crippen molar-refractivity contribution in [2.24, 2.45) is 0 Å². The second-order valence-corrected chi connectivity index (χ2v) is 5.13. The van der Waals surface area contributed by atoms with Crippen LogP contribution in [-0.2, 0) is 13.1 Å². The minimum absolute atomic E-state index is 0.149. The highest BCUT2D eigenvalue weighted by atomic mass is 16.2. The molecule has 0 spiro atoms. The van der Waals surface area contributed by atoms with Crippen LogP contribution < -0.4 is 10.6 Å². The monoisotopic (exact) mass is 291 g/mol. The van der Waals surface area contributed by atoms with Gasteiger partial charge in [0.05, 0.1) is 12.2 Å². The van der Waals surface area contributed by atoms with Crippen LogP contribution in [0.4, 0.5) is 5.95 Å². The number of pyridine rings is 1. The molecule has 0 fully saturated rings. The van der Waals surface area contributed by atoms with E-state index in [2.05, 4.69) is 31.7 Å². The fraction of sp³-hybridized carbons (Fsp3) is 0.125. The number of aromatic nitrogens is 3. The fourth-order valence-corrected chi connectivity index (χ4v) is 2.47. The van der Waals surface area contributed by atoms with Gasteiger partial charge in [0.2, 0.25) is 5.95 Å². The Labute approximate surface area is 126 Å². The molecule has 0 bridgehead atoms. The van der Waals surface area contributed by atoms with Gasteiger partial charge in [-0.15, -0.1) is 0 Å². The molecule has 2 aromatic heterocycles. The van der Waals surface area contributed by atoms with Crippen molar-refractivity contribution in [3.8, 4) is 0 Å². The molecule has 6 nitrogen and oxygen atoms in total. The van der Waals surface area contributed by atoms with Crippen molar-refractivity contribution in [3.63, 3.8) is 0 Å². The van der Waals surface area contributed by atoms with Crippen LogP contribution in [0, 0.1) is 0 Å². The summed E-state index contributed by atoms with van der Waals surface area (Å²) < 4.78 is 0. The average Bonchev–Trinajstić information content (AvgIpc) is 2.93. The predicted molar refractivity (Wildman–Crippen MR) is 82.3 cm³/mol. The Morgan fingerprint density at radius 1 is 1.14 bits per heavy atom. The maximum atomic E-state index is 11.6. The fourth-order valence-electron chi connectivity index (χ4n) is 2.47. The Morgan fingerprint density at radius 3 is 2.91 bits per heavy atom. The number of amides is 1. The van der Waals surface area contributed by atoms with Crippen LogP contribution in [0.5, 0.6) is 0 Å². The van der Waals surface area contributed by atoms with E-state index in [4.69, 9.17) is 0 Å². The third-order valence-corrected chi connectivity index (χ3v) is 3.63. The van der Waals surface area contributed by atoms with Gasteiger partial charge in [-0.25, -0.2) is 9.97 Å². The third kappa shape index (κ3) is 2.24. The topological polar surface area (TPSA) is 79.8 Å². The standard InChI is InChI=1S/C16H13N5O/c22-15-14-12(7-18-15)8-19-16(21-14)20-9-13-5-10-3-1-2-4-11(10)6-17-13/h1-6,8H,7,9H2,(H,18,22)(H,19,20,21). The van der Waals surface area contributed by atoms with Crippen molar-refractivity contribution in [2.75, 3.05) is 5.32 Å². The highest BCUT2D eigenvalue weighted by Gasteiger charge is 2.21. The Hall–Kier alpha value is -3.02. The molecule has 6 heteroatoms. The van der Waals surface area contributed by atoms with Crippen LogP contribution >= 0.6 is 0 Å². The lowest BCUT2D eigenvalue weighted by atomic mass is 10.1. The van der Waals surface area contributed by atoms with E-state index in [0.29, 0.717) is 24.7 Å². The lowest BCUT2D eigenvalue weighted by Crippen LogP contribution is -2.14. The number of benzene rings is 1. The second-order valence-electron chi connectivity index (χ2n) is 5.13. The molecule has 0 atom stereocenters. The number of fused-ring (bicyclic) bond motifs is 2. The number of rotatable bonds is 3. The van der Waals surface area contributed by atoms with Crippen LogP contribution in [-0.4, -0.2) is 20.9 Å². The van der Waals surface area contributed by atoms with Crippen LogP contribution in [0.2, 0.25) is 0 Å². The summed E-state index contributed by atoms with van der Waals surface area (Å²) in [6.07, 6.45) is 3.53. The van der Waals surface area contributed by atoms with Crippen LogP contribution in [0.25, 0.3) is 10.8 Å². The second kappa shape index (κ2) is 5.07. The van der Waals surface area contributed by atoms with Gasteiger partial charge in [0.25, 0.3) is 5.91 Å². The van der Waals surface area contributed by atoms with Gasteiger partial charge in [0, 0.05) is 29.9 Å². The van der Waals surface area contributed by atoms with Gasteiger partial charge in [0.1, 0.15) is 5.69 Å². The molecule has 3 heterocycles. The minimum Gasteiger partial charge on any atom is -0.349 e. The van der Waals surface area contributed by atoms with Crippen LogP contribution in [0.15, 0.2) is 42.7 Å². The van der Waals surface area contributed by atoms with Gasteiger partial charge >= 0.3 is 0 Å². The van der Waals surface area contributed by atoms with E-state index in [0.717, 1.165) is 22.0 Å². The highest BCUT2D eigenvalue weighted by molar-refractivity contribution is 5.96. The summed E-state index contributed by atoms with van der Waals surface area (Å²) >= 11 is 0. The number of hydrogen-bond acceptors (Lipinski definition) is 5. The zero-order valence-electron chi connectivity index (χ0n) is 11.7. The summed E-state index contributed by atoms with van der Waals surface area (Å²) in [7, 11) is 0. The van der Waals surface area contributed by atoms with E-state index < -0.39 is 0 Å². The van der Waals surface area contributed by atoms with Crippen molar-refractivity contribution in [1.29, 1.82) is 0 Å².